The van der Waals surface area contributed by atoms with Crippen LogP contribution in [0.1, 0.15) is 31.2 Å². The summed E-state index contributed by atoms with van der Waals surface area (Å²) in [4.78, 5) is 15.6. The van der Waals surface area contributed by atoms with E-state index in [9.17, 15) is 27.5 Å². The van der Waals surface area contributed by atoms with Crippen molar-refractivity contribution in [2.45, 2.75) is 44.0 Å². The van der Waals surface area contributed by atoms with Gasteiger partial charge in [0.05, 0.1) is 5.92 Å². The number of aliphatic hydroxyl groups is 1. The van der Waals surface area contributed by atoms with Gasteiger partial charge >= 0.3 is 6.18 Å². The summed E-state index contributed by atoms with van der Waals surface area (Å²) in [5.41, 5.74) is -1.31. The van der Waals surface area contributed by atoms with E-state index in [0.717, 1.165) is 6.07 Å². The normalized spacial score (nSPS) is 25.2. The molecule has 0 spiro atoms. The van der Waals surface area contributed by atoms with Gasteiger partial charge in [-0.05, 0) is 47.7 Å². The first-order chi connectivity index (χ1) is 10.6. The first-order valence-corrected chi connectivity index (χ1v) is 7.79. The number of carbonyl (C=O) groups is 1. The number of carbonyl (C=O) groups excluding carboxylic acids is 1. The summed E-state index contributed by atoms with van der Waals surface area (Å²) in [5.74, 6) is -2.89. The Morgan fingerprint density at radius 3 is 2.52 bits per heavy atom. The fraction of sp³-hybridized carbons (Fsp3) is 0.571. The van der Waals surface area contributed by atoms with E-state index in [1.54, 1.807) is 0 Å². The van der Waals surface area contributed by atoms with Gasteiger partial charge in [0.15, 0.2) is 0 Å². The molecule has 9 heteroatoms. The highest BCUT2D eigenvalue weighted by Crippen LogP contribution is 2.41. The van der Waals surface area contributed by atoms with E-state index >= 15 is 0 Å². The largest absolute Gasteiger partial charge is 0.391 e. The number of nitrogens with one attached hydrogen (secondary N) is 1. The van der Waals surface area contributed by atoms with Crippen molar-refractivity contribution in [2.24, 2.45) is 5.92 Å². The number of pyridine rings is 1. The number of halogens is 5. The van der Waals surface area contributed by atoms with Gasteiger partial charge in [0.1, 0.15) is 10.2 Å². The van der Waals surface area contributed by atoms with Gasteiger partial charge in [-0.3, -0.25) is 4.79 Å². The molecule has 1 fully saturated rings. The predicted octanol–water partition coefficient (Wildman–Crippen LogP) is 3.08. The molecule has 0 saturated heterocycles. The Hall–Kier alpha value is -1.22. The number of amides is 1. The van der Waals surface area contributed by atoms with Gasteiger partial charge in [-0.1, -0.05) is 6.07 Å². The van der Waals surface area contributed by atoms with E-state index in [4.69, 9.17) is 0 Å². The Morgan fingerprint density at radius 1 is 1.39 bits per heavy atom. The molecule has 1 aromatic heterocycles. The molecule has 2 N–H and O–H groups in total. The smallest absolute Gasteiger partial charge is 0.380 e. The van der Waals surface area contributed by atoms with Crippen LogP contribution in [0.3, 0.4) is 0 Å². The number of nitrogens with zero attached hydrogens (tertiary/aromatic N) is 1. The summed E-state index contributed by atoms with van der Waals surface area (Å²) >= 11 is 3.05. The number of hydrogen-bond acceptors (Lipinski definition) is 3. The number of hydrogen-bond donors (Lipinski definition) is 2. The van der Waals surface area contributed by atoms with Crippen molar-refractivity contribution >= 4 is 21.8 Å². The van der Waals surface area contributed by atoms with Crippen LogP contribution in [0.25, 0.3) is 0 Å². The molecule has 0 bridgehead atoms. The maximum atomic E-state index is 12.9. The highest BCUT2D eigenvalue weighted by molar-refractivity contribution is 9.10. The Kier molecular flexibility index (Phi) is 5.30. The summed E-state index contributed by atoms with van der Waals surface area (Å²) in [6, 6.07) is 2.53. The molecule has 1 amide bonds. The second-order valence-corrected chi connectivity index (χ2v) is 6.37. The third-order valence-electron chi connectivity index (χ3n) is 4.03. The molecule has 23 heavy (non-hydrogen) atoms. The van der Waals surface area contributed by atoms with E-state index in [1.165, 1.54) is 6.07 Å². The molecular weight excluding hydrogens is 384 g/mol. The van der Waals surface area contributed by atoms with Gasteiger partial charge in [0.25, 0.3) is 5.91 Å². The van der Waals surface area contributed by atoms with Crippen LogP contribution in [0.2, 0.25) is 0 Å². The molecule has 1 aromatic rings. The van der Waals surface area contributed by atoms with Gasteiger partial charge in [0, 0.05) is 12.1 Å². The number of aromatic nitrogens is 1. The van der Waals surface area contributed by atoms with Crippen LogP contribution in [-0.2, 0) is 11.3 Å². The molecular formula is C14H15BrF4N2O2. The Labute approximate surface area is 138 Å². The molecule has 1 aliphatic carbocycles. The van der Waals surface area contributed by atoms with Gasteiger partial charge in [-0.15, -0.1) is 0 Å². The first kappa shape index (κ1) is 18.1. The van der Waals surface area contributed by atoms with E-state index in [2.05, 4.69) is 26.2 Å². The molecule has 1 saturated carbocycles. The molecule has 1 aliphatic rings. The van der Waals surface area contributed by atoms with Crippen molar-refractivity contribution in [3.8, 4) is 0 Å². The molecule has 1 heterocycles. The van der Waals surface area contributed by atoms with Crippen molar-refractivity contribution in [1.29, 1.82) is 0 Å². The molecule has 128 valence electrons. The first-order valence-electron chi connectivity index (χ1n) is 7.00. The molecule has 0 atom stereocenters. The topological polar surface area (TPSA) is 62.2 Å². The zero-order valence-corrected chi connectivity index (χ0v) is 13.5. The Balaban J connectivity index is 1.93. The highest BCUT2D eigenvalue weighted by atomic mass is 79.9. The van der Waals surface area contributed by atoms with Crippen LogP contribution in [0, 0.1) is 11.9 Å². The molecule has 0 aromatic carbocycles. The lowest BCUT2D eigenvalue weighted by Crippen LogP contribution is -2.50. The molecule has 0 radical (unpaired) electrons. The summed E-state index contributed by atoms with van der Waals surface area (Å²) in [6.07, 6.45) is -5.36. The maximum Gasteiger partial charge on any atom is 0.391 e. The molecule has 0 aliphatic heterocycles. The lowest BCUT2D eigenvalue weighted by molar-refractivity contribution is -0.194. The second-order valence-electron chi connectivity index (χ2n) is 5.61. The quantitative estimate of drug-likeness (QED) is 0.607. The fourth-order valence-electron chi connectivity index (χ4n) is 2.56. The molecule has 4 nitrogen and oxygen atoms in total. The SMILES string of the molecule is O=C(NCc1ccc(F)nc1Br)C1(O)CCC(C(F)(F)F)CC1. The third kappa shape index (κ3) is 4.41. The minimum Gasteiger partial charge on any atom is -0.380 e. The summed E-state index contributed by atoms with van der Waals surface area (Å²) < 4.78 is 50.9. The van der Waals surface area contributed by atoms with Crippen molar-refractivity contribution in [3.05, 3.63) is 28.2 Å². The van der Waals surface area contributed by atoms with Crippen LogP contribution in [0.5, 0.6) is 0 Å². The lowest BCUT2D eigenvalue weighted by Gasteiger charge is -2.35. The Morgan fingerprint density at radius 2 is 2.00 bits per heavy atom. The van der Waals surface area contributed by atoms with E-state index in [0.29, 0.717) is 5.56 Å². The average molecular weight is 399 g/mol. The van der Waals surface area contributed by atoms with Gasteiger partial charge < -0.3 is 10.4 Å². The van der Waals surface area contributed by atoms with E-state index in [-0.39, 0.29) is 36.8 Å². The van der Waals surface area contributed by atoms with Gasteiger partial charge in [0.2, 0.25) is 5.95 Å². The summed E-state index contributed by atoms with van der Waals surface area (Å²) in [5, 5.41) is 12.7. The van der Waals surface area contributed by atoms with Crippen molar-refractivity contribution in [1.82, 2.24) is 10.3 Å². The number of alkyl halides is 3. The lowest BCUT2D eigenvalue weighted by atomic mass is 9.78. The highest BCUT2D eigenvalue weighted by Gasteiger charge is 2.47. The Bertz CT molecular complexity index is 587. The zero-order valence-electron chi connectivity index (χ0n) is 12.0. The predicted molar refractivity (Wildman–Crippen MR) is 76.7 cm³/mol. The van der Waals surface area contributed by atoms with Crippen LogP contribution in [0.4, 0.5) is 17.6 Å². The zero-order chi connectivity index (χ0) is 17.3. The monoisotopic (exact) mass is 398 g/mol. The van der Waals surface area contributed by atoms with E-state index < -0.39 is 29.6 Å². The van der Waals surface area contributed by atoms with Gasteiger partial charge in [-0.25, -0.2) is 4.98 Å². The average Bonchev–Trinajstić information content (AvgIpc) is 2.45. The second kappa shape index (κ2) is 6.72. The maximum absolute atomic E-state index is 12.9. The van der Waals surface area contributed by atoms with Crippen LogP contribution in [-0.4, -0.2) is 27.8 Å². The van der Waals surface area contributed by atoms with Crippen molar-refractivity contribution < 1.29 is 27.5 Å². The molecule has 2 rings (SSSR count). The minimum absolute atomic E-state index is 0.0162. The summed E-state index contributed by atoms with van der Waals surface area (Å²) in [7, 11) is 0. The van der Waals surface area contributed by atoms with Crippen LogP contribution < -0.4 is 5.32 Å². The van der Waals surface area contributed by atoms with Crippen LogP contribution >= 0.6 is 15.9 Å². The van der Waals surface area contributed by atoms with Crippen LogP contribution in [0.15, 0.2) is 16.7 Å². The number of rotatable bonds is 3. The third-order valence-corrected chi connectivity index (χ3v) is 4.72. The minimum atomic E-state index is -4.30. The van der Waals surface area contributed by atoms with Crippen molar-refractivity contribution in [2.75, 3.05) is 0 Å². The van der Waals surface area contributed by atoms with Gasteiger partial charge in [-0.2, -0.15) is 17.6 Å². The van der Waals surface area contributed by atoms with Crippen molar-refractivity contribution in [3.63, 3.8) is 0 Å². The standard InChI is InChI=1S/C14H15BrF4N2O2/c15-11-8(1-2-10(16)21-11)7-20-12(22)13(23)5-3-9(4-6-13)14(17,18)19/h1-2,9,23H,3-7H2,(H,20,22). The summed E-state index contributed by atoms with van der Waals surface area (Å²) in [6.45, 7) is -0.0162. The fourth-order valence-corrected chi connectivity index (χ4v) is 3.00. The molecule has 0 unspecified atom stereocenters. The van der Waals surface area contributed by atoms with E-state index in [1.807, 2.05) is 0 Å².